The molecule has 2 rings (SSSR count). The van der Waals surface area contributed by atoms with Gasteiger partial charge in [0, 0.05) is 0 Å². The van der Waals surface area contributed by atoms with E-state index in [4.69, 9.17) is 4.42 Å². The molecule has 2 aromatic rings. The van der Waals surface area contributed by atoms with Crippen molar-refractivity contribution in [2.45, 2.75) is 18.8 Å². The van der Waals surface area contributed by atoms with Crippen LogP contribution in [0.2, 0.25) is 4.94 Å². The molecule has 2 nitrogen and oxygen atoms in total. The monoisotopic (exact) mass is 281 g/mol. The van der Waals surface area contributed by atoms with Gasteiger partial charge in [-0.3, -0.25) is 0 Å². The molecule has 0 N–H and O–H groups in total. The van der Waals surface area contributed by atoms with Crippen LogP contribution in [-0.2, 0) is 0 Å². The molecule has 13 heavy (non-hydrogen) atoms. The summed E-state index contributed by atoms with van der Waals surface area (Å²) in [5.41, 5.74) is 4.32. The zero-order chi connectivity index (χ0) is 9.42. The van der Waals surface area contributed by atoms with Gasteiger partial charge in [0.15, 0.2) is 0 Å². The Bertz CT molecular complexity index is 447. The van der Waals surface area contributed by atoms with Crippen molar-refractivity contribution < 1.29 is 4.42 Å². The summed E-state index contributed by atoms with van der Waals surface area (Å²) in [7, 11) is 0. The molecule has 0 saturated heterocycles. The molecule has 0 fully saturated rings. The SMILES string of the molecule is [CH3][Sn][c]1oc2ccc(C)nc2c1C. The van der Waals surface area contributed by atoms with Gasteiger partial charge in [-0.15, -0.1) is 0 Å². The van der Waals surface area contributed by atoms with Gasteiger partial charge < -0.3 is 0 Å². The Morgan fingerprint density at radius 3 is 2.77 bits per heavy atom. The number of aromatic nitrogens is 1. The number of nitrogens with zero attached hydrogens (tertiary/aromatic N) is 1. The average molecular weight is 280 g/mol. The van der Waals surface area contributed by atoms with Crippen molar-refractivity contribution in [1.29, 1.82) is 0 Å². The predicted molar refractivity (Wildman–Crippen MR) is 54.7 cm³/mol. The second-order valence-electron chi connectivity index (χ2n) is 3.11. The quantitative estimate of drug-likeness (QED) is 0.745. The van der Waals surface area contributed by atoms with E-state index in [0.29, 0.717) is 0 Å². The summed E-state index contributed by atoms with van der Waals surface area (Å²) in [6.07, 6.45) is 0. The molecular formula is C10H11NOSn. The van der Waals surface area contributed by atoms with Crippen molar-refractivity contribution in [2.24, 2.45) is 0 Å². The van der Waals surface area contributed by atoms with Gasteiger partial charge in [0.25, 0.3) is 0 Å². The third-order valence-corrected chi connectivity index (χ3v) is 4.79. The Balaban J connectivity index is 2.77. The van der Waals surface area contributed by atoms with E-state index in [2.05, 4.69) is 16.8 Å². The third-order valence-electron chi connectivity index (χ3n) is 2.13. The first-order valence-corrected chi connectivity index (χ1v) is 8.55. The zero-order valence-corrected chi connectivity index (χ0v) is 10.9. The van der Waals surface area contributed by atoms with Crippen molar-refractivity contribution in [3.05, 3.63) is 23.4 Å². The van der Waals surface area contributed by atoms with Crippen molar-refractivity contribution in [3.8, 4) is 0 Å². The van der Waals surface area contributed by atoms with Gasteiger partial charge in [-0.25, -0.2) is 0 Å². The standard InChI is InChI=1S/C9H8NO.CH3.Sn/c1-6-5-11-8-4-3-7(2)10-9(6)8;;/h3-4H,1-2H3;1H3;. The summed E-state index contributed by atoms with van der Waals surface area (Å²) in [4.78, 5) is 6.74. The Hall–Kier alpha value is -0.511. The van der Waals surface area contributed by atoms with E-state index in [1.54, 1.807) is 0 Å². The Labute approximate surface area is 87.6 Å². The van der Waals surface area contributed by atoms with E-state index >= 15 is 0 Å². The second kappa shape index (κ2) is 3.33. The molecule has 0 saturated carbocycles. The van der Waals surface area contributed by atoms with Crippen LogP contribution >= 0.6 is 0 Å². The van der Waals surface area contributed by atoms with E-state index in [9.17, 15) is 0 Å². The van der Waals surface area contributed by atoms with Gasteiger partial charge >= 0.3 is 87.6 Å². The third kappa shape index (κ3) is 1.47. The number of hydrogen-bond donors (Lipinski definition) is 0. The molecule has 0 unspecified atom stereocenters. The van der Waals surface area contributed by atoms with E-state index < -0.39 is 21.1 Å². The van der Waals surface area contributed by atoms with Crippen LogP contribution in [0.5, 0.6) is 0 Å². The van der Waals surface area contributed by atoms with E-state index in [1.165, 1.54) is 9.34 Å². The molecule has 0 atom stereocenters. The van der Waals surface area contributed by atoms with Crippen LogP contribution in [-0.4, -0.2) is 26.1 Å². The van der Waals surface area contributed by atoms with Crippen LogP contribution < -0.4 is 3.78 Å². The summed E-state index contributed by atoms with van der Waals surface area (Å²) >= 11 is -0.473. The van der Waals surface area contributed by atoms with Crippen LogP contribution in [0, 0.1) is 13.8 Å². The second-order valence-corrected chi connectivity index (χ2v) is 5.83. The first-order valence-electron chi connectivity index (χ1n) is 4.27. The molecule has 2 aromatic heterocycles. The molecule has 0 spiro atoms. The Morgan fingerprint density at radius 1 is 1.31 bits per heavy atom. The Kier molecular flexibility index (Phi) is 2.32. The van der Waals surface area contributed by atoms with E-state index in [-0.39, 0.29) is 0 Å². The summed E-state index contributed by atoms with van der Waals surface area (Å²) in [6.45, 7) is 4.12. The molecule has 0 aliphatic rings. The fraction of sp³-hybridized carbons (Fsp3) is 0.300. The zero-order valence-electron chi connectivity index (χ0n) is 8.01. The van der Waals surface area contributed by atoms with Crippen LogP contribution in [0.4, 0.5) is 0 Å². The minimum atomic E-state index is -0.473. The van der Waals surface area contributed by atoms with Crippen LogP contribution in [0.3, 0.4) is 0 Å². The predicted octanol–water partition coefficient (Wildman–Crippen LogP) is 1.82. The molecule has 0 amide bonds. The fourth-order valence-corrected chi connectivity index (χ4v) is 3.44. The van der Waals surface area contributed by atoms with E-state index in [0.717, 1.165) is 16.8 Å². The Morgan fingerprint density at radius 2 is 2.08 bits per heavy atom. The molecular weight excluding hydrogens is 269 g/mol. The molecule has 2 heterocycles. The molecule has 3 heteroatoms. The van der Waals surface area contributed by atoms with Gasteiger partial charge in [0.2, 0.25) is 0 Å². The van der Waals surface area contributed by atoms with Crippen LogP contribution in [0.1, 0.15) is 11.3 Å². The number of fused-ring (bicyclic) bond motifs is 1. The maximum atomic E-state index is 5.72. The molecule has 0 aromatic carbocycles. The van der Waals surface area contributed by atoms with Gasteiger partial charge in [-0.2, -0.15) is 0 Å². The minimum absolute atomic E-state index is 0.473. The number of hydrogen-bond acceptors (Lipinski definition) is 2. The molecule has 66 valence electrons. The van der Waals surface area contributed by atoms with Crippen LogP contribution in [0.25, 0.3) is 11.1 Å². The summed E-state index contributed by atoms with van der Waals surface area (Å²) in [5, 5.41) is 0. The molecule has 0 bridgehead atoms. The molecule has 2 radical (unpaired) electrons. The summed E-state index contributed by atoms with van der Waals surface area (Å²) < 4.78 is 6.94. The number of furan rings is 1. The maximum absolute atomic E-state index is 5.72. The average Bonchev–Trinajstić information content (AvgIpc) is 2.44. The van der Waals surface area contributed by atoms with Crippen molar-refractivity contribution in [1.82, 2.24) is 4.98 Å². The first-order chi connectivity index (χ1) is 6.22. The van der Waals surface area contributed by atoms with Crippen molar-refractivity contribution >= 4 is 36.0 Å². The summed E-state index contributed by atoms with van der Waals surface area (Å²) in [6, 6.07) is 4.01. The summed E-state index contributed by atoms with van der Waals surface area (Å²) in [5.74, 6) is 0. The van der Waals surface area contributed by atoms with Crippen molar-refractivity contribution in [2.75, 3.05) is 0 Å². The first kappa shape index (κ1) is 9.06. The fourth-order valence-electron chi connectivity index (χ4n) is 1.43. The van der Waals surface area contributed by atoms with Crippen molar-refractivity contribution in [3.63, 3.8) is 0 Å². The number of aryl methyl sites for hydroxylation is 2. The van der Waals surface area contributed by atoms with Gasteiger partial charge in [0.1, 0.15) is 0 Å². The van der Waals surface area contributed by atoms with Gasteiger partial charge in [-0.1, -0.05) is 0 Å². The molecule has 0 aliphatic carbocycles. The molecule has 0 aliphatic heterocycles. The topological polar surface area (TPSA) is 26.0 Å². The van der Waals surface area contributed by atoms with Gasteiger partial charge in [-0.05, 0) is 0 Å². The van der Waals surface area contributed by atoms with E-state index in [1.807, 2.05) is 19.1 Å². The van der Waals surface area contributed by atoms with Crippen LogP contribution in [0.15, 0.2) is 16.5 Å². The normalized spacial score (nSPS) is 11.0. The number of rotatable bonds is 1. The van der Waals surface area contributed by atoms with Gasteiger partial charge in [0.05, 0.1) is 0 Å². The number of pyridine rings is 1.